The van der Waals surface area contributed by atoms with Gasteiger partial charge < -0.3 is 15.4 Å². The molecule has 4 N–H and O–H groups in total. The van der Waals surface area contributed by atoms with Crippen LogP contribution in [-0.4, -0.2) is 33.7 Å². The van der Waals surface area contributed by atoms with E-state index in [9.17, 15) is 0 Å². The van der Waals surface area contributed by atoms with Gasteiger partial charge in [-0.15, -0.1) is 0 Å². The Labute approximate surface area is 54.1 Å². The Balaban J connectivity index is 3.58. The summed E-state index contributed by atoms with van der Waals surface area (Å²) in [5.74, 6) is 0. The number of hydrogen-bond acceptors (Lipinski definition) is 4. The molecule has 0 saturated carbocycles. The highest BCUT2D eigenvalue weighted by Crippen LogP contribution is 1.96. The number of aliphatic hydroxyl groups is 2. The third-order valence-electron chi connectivity index (χ3n) is 1.21. The van der Waals surface area contributed by atoms with Gasteiger partial charge in [0.15, 0.2) is 0 Å². The van der Waals surface area contributed by atoms with Crippen LogP contribution in [-0.2, 0) is 0 Å². The van der Waals surface area contributed by atoms with Crippen LogP contribution >= 0.6 is 0 Å². The Morgan fingerprint density at radius 1 is 1.22 bits per heavy atom. The van der Waals surface area contributed by atoms with E-state index in [2.05, 4.69) is 0 Å². The summed E-state index contributed by atoms with van der Waals surface area (Å²) < 4.78 is 0. The highest BCUT2D eigenvalue weighted by Gasteiger charge is 2.17. The van der Waals surface area contributed by atoms with Crippen LogP contribution in [0, 0.1) is 0 Å². The van der Waals surface area contributed by atoms with E-state index >= 15 is 0 Å². The molecule has 4 nitrogen and oxygen atoms in total. The van der Waals surface area contributed by atoms with Crippen LogP contribution in [0.2, 0.25) is 0 Å². The molecule has 0 radical (unpaired) electrons. The molecular weight excluding hydrogens is 122 g/mol. The van der Waals surface area contributed by atoms with Gasteiger partial charge in [-0.2, -0.15) is 0 Å². The summed E-state index contributed by atoms with van der Waals surface area (Å²) in [6, 6.07) is -0.495. The van der Waals surface area contributed by atoms with Gasteiger partial charge in [0, 0.05) is 0 Å². The first-order valence-corrected chi connectivity index (χ1v) is 2.85. The van der Waals surface area contributed by atoms with Crippen LogP contribution in [0.4, 0.5) is 0 Å². The second-order valence-corrected chi connectivity index (χ2v) is 2.15. The zero-order valence-electron chi connectivity index (χ0n) is 5.57. The molecule has 0 amide bonds. The van der Waals surface area contributed by atoms with Crippen LogP contribution in [0.1, 0.15) is 13.8 Å². The fourth-order valence-electron chi connectivity index (χ4n) is 0.494. The van der Waals surface area contributed by atoms with Crippen molar-refractivity contribution in [3.8, 4) is 0 Å². The van der Waals surface area contributed by atoms with Crippen molar-refractivity contribution in [2.24, 2.45) is 0 Å². The number of aliphatic hydroxyl groups excluding tert-OH is 2. The number of hydrogen-bond donors (Lipinski definition) is 4. The number of hydroxylamine groups is 1. The smallest absolute Gasteiger partial charge is 0.0968 e. The average Bonchev–Trinajstić information content (AvgIpc) is 1.84. The van der Waals surface area contributed by atoms with Crippen molar-refractivity contribution >= 4 is 0 Å². The molecule has 0 aliphatic carbocycles. The molecule has 0 heterocycles. The van der Waals surface area contributed by atoms with E-state index in [1.165, 1.54) is 6.92 Å². The summed E-state index contributed by atoms with van der Waals surface area (Å²) in [7, 11) is 0. The van der Waals surface area contributed by atoms with E-state index in [1.807, 2.05) is 5.48 Å². The molecule has 0 rings (SSSR count). The fourth-order valence-corrected chi connectivity index (χ4v) is 0.494. The quantitative estimate of drug-likeness (QED) is 0.378. The summed E-state index contributed by atoms with van der Waals surface area (Å²) in [5.41, 5.74) is 1.84. The average molecular weight is 135 g/mol. The van der Waals surface area contributed by atoms with Gasteiger partial charge >= 0.3 is 0 Å². The van der Waals surface area contributed by atoms with Crippen LogP contribution in [0.3, 0.4) is 0 Å². The summed E-state index contributed by atoms with van der Waals surface area (Å²) in [6.07, 6.45) is -1.74. The predicted molar refractivity (Wildman–Crippen MR) is 32.1 cm³/mol. The standard InChI is InChI=1S/C5H13NO3/c1-3(6-9)5(8)4(2)7/h3-9H,1-2H3. The Bertz CT molecular complexity index is 76.6. The van der Waals surface area contributed by atoms with Crippen LogP contribution in [0.25, 0.3) is 0 Å². The highest BCUT2D eigenvalue weighted by atomic mass is 16.5. The third kappa shape index (κ3) is 2.76. The maximum Gasteiger partial charge on any atom is 0.0968 e. The lowest BCUT2D eigenvalue weighted by molar-refractivity contribution is -0.0230. The second kappa shape index (κ2) is 3.79. The number of nitrogens with one attached hydrogen (secondary N) is 1. The van der Waals surface area contributed by atoms with E-state index in [0.717, 1.165) is 0 Å². The van der Waals surface area contributed by atoms with E-state index in [1.54, 1.807) is 6.92 Å². The van der Waals surface area contributed by atoms with Gasteiger partial charge in [0.05, 0.1) is 18.2 Å². The van der Waals surface area contributed by atoms with Crippen LogP contribution < -0.4 is 5.48 Å². The van der Waals surface area contributed by atoms with Gasteiger partial charge in [-0.1, -0.05) is 0 Å². The van der Waals surface area contributed by atoms with Crippen molar-refractivity contribution in [2.75, 3.05) is 0 Å². The first kappa shape index (κ1) is 8.84. The van der Waals surface area contributed by atoms with Gasteiger partial charge in [0.25, 0.3) is 0 Å². The molecule has 0 aliphatic heterocycles. The normalized spacial score (nSPS) is 21.0. The van der Waals surface area contributed by atoms with Crippen molar-refractivity contribution in [3.05, 3.63) is 0 Å². The minimum absolute atomic E-state index is 0.495. The molecule has 0 spiro atoms. The van der Waals surface area contributed by atoms with Crippen molar-refractivity contribution in [1.82, 2.24) is 5.48 Å². The maximum absolute atomic E-state index is 8.92. The monoisotopic (exact) mass is 135 g/mol. The van der Waals surface area contributed by atoms with E-state index in [4.69, 9.17) is 15.4 Å². The molecule has 9 heavy (non-hydrogen) atoms. The molecule has 3 unspecified atom stereocenters. The molecule has 56 valence electrons. The van der Waals surface area contributed by atoms with Crippen molar-refractivity contribution in [1.29, 1.82) is 0 Å². The minimum atomic E-state index is -0.921. The zero-order chi connectivity index (χ0) is 7.44. The molecule has 0 aromatic heterocycles. The molecule has 0 aliphatic rings. The van der Waals surface area contributed by atoms with Crippen LogP contribution in [0.5, 0.6) is 0 Å². The van der Waals surface area contributed by atoms with Gasteiger partial charge in [0.2, 0.25) is 0 Å². The van der Waals surface area contributed by atoms with E-state index in [-0.39, 0.29) is 0 Å². The first-order valence-electron chi connectivity index (χ1n) is 2.85. The highest BCUT2D eigenvalue weighted by molar-refractivity contribution is 4.71. The van der Waals surface area contributed by atoms with Crippen molar-refractivity contribution < 1.29 is 15.4 Å². The number of rotatable bonds is 3. The summed E-state index contributed by atoms with van der Waals surface area (Å²) in [4.78, 5) is 0. The van der Waals surface area contributed by atoms with E-state index < -0.39 is 18.2 Å². The molecule has 3 atom stereocenters. The third-order valence-corrected chi connectivity index (χ3v) is 1.21. The Morgan fingerprint density at radius 2 is 1.67 bits per heavy atom. The molecule has 0 fully saturated rings. The Kier molecular flexibility index (Phi) is 3.72. The zero-order valence-corrected chi connectivity index (χ0v) is 5.57. The van der Waals surface area contributed by atoms with Gasteiger partial charge in [-0.3, -0.25) is 0 Å². The second-order valence-electron chi connectivity index (χ2n) is 2.15. The van der Waals surface area contributed by atoms with Crippen LogP contribution in [0.15, 0.2) is 0 Å². The predicted octanol–water partition coefficient (Wildman–Crippen LogP) is -0.905. The van der Waals surface area contributed by atoms with Crippen molar-refractivity contribution in [3.63, 3.8) is 0 Å². The summed E-state index contributed by atoms with van der Waals surface area (Å²) in [5, 5.41) is 25.9. The summed E-state index contributed by atoms with van der Waals surface area (Å²) >= 11 is 0. The molecule has 4 heteroatoms. The fraction of sp³-hybridized carbons (Fsp3) is 1.00. The molecule has 0 bridgehead atoms. The molecule has 0 saturated heterocycles. The Hall–Kier alpha value is -0.160. The molecule has 0 aromatic rings. The van der Waals surface area contributed by atoms with Crippen molar-refractivity contribution in [2.45, 2.75) is 32.1 Å². The largest absolute Gasteiger partial charge is 0.391 e. The maximum atomic E-state index is 8.92. The topological polar surface area (TPSA) is 72.7 Å². The Morgan fingerprint density at radius 3 is 1.78 bits per heavy atom. The minimum Gasteiger partial charge on any atom is -0.391 e. The van der Waals surface area contributed by atoms with Gasteiger partial charge in [-0.25, -0.2) is 5.48 Å². The summed E-state index contributed by atoms with van der Waals surface area (Å²) in [6.45, 7) is 3.02. The lowest BCUT2D eigenvalue weighted by atomic mass is 10.1. The van der Waals surface area contributed by atoms with Gasteiger partial charge in [-0.05, 0) is 13.8 Å². The first-order chi connectivity index (χ1) is 4.09. The molecular formula is C5H13NO3. The molecule has 0 aromatic carbocycles. The van der Waals surface area contributed by atoms with Gasteiger partial charge in [0.1, 0.15) is 0 Å². The SMILES string of the molecule is CC(O)C(O)C(C)NO. The lowest BCUT2D eigenvalue weighted by Gasteiger charge is -2.18. The lowest BCUT2D eigenvalue weighted by Crippen LogP contribution is -2.41. The van der Waals surface area contributed by atoms with E-state index in [0.29, 0.717) is 0 Å².